The molecule has 0 amide bonds. The molecule has 2 heterocycles. The van der Waals surface area contributed by atoms with Crippen LogP contribution in [0.2, 0.25) is 0 Å². The third kappa shape index (κ3) is 3.98. The number of benzene rings is 1. The van der Waals surface area contributed by atoms with Crippen LogP contribution >= 0.6 is 0 Å². The molecule has 2 aromatic rings. The van der Waals surface area contributed by atoms with Crippen molar-refractivity contribution in [2.45, 2.75) is 19.9 Å². The van der Waals surface area contributed by atoms with E-state index in [1.165, 1.54) is 0 Å². The van der Waals surface area contributed by atoms with Crippen LogP contribution in [0.3, 0.4) is 0 Å². The molecule has 1 fully saturated rings. The van der Waals surface area contributed by atoms with Crippen LogP contribution in [0.4, 0.5) is 5.82 Å². The molecule has 0 spiro atoms. The molecule has 23 heavy (non-hydrogen) atoms. The van der Waals surface area contributed by atoms with E-state index in [9.17, 15) is 0 Å². The summed E-state index contributed by atoms with van der Waals surface area (Å²) in [6.45, 7) is 10.1. The highest BCUT2D eigenvalue weighted by Gasteiger charge is 2.24. The van der Waals surface area contributed by atoms with Gasteiger partial charge in [0.1, 0.15) is 5.82 Å². The standard InChI is InChI=1S/C18H27N5/c1-14(2)17(23-10-8-22(3)9-11-23)12-20-18-13-19-15-6-4-5-7-16(15)21-18/h4-7,13-14,17H,8-12H2,1-3H3,(H,20,21)/t17-/m1/s1. The molecule has 5 heteroatoms. The van der Waals surface area contributed by atoms with Crippen LogP contribution < -0.4 is 5.32 Å². The van der Waals surface area contributed by atoms with Crippen LogP contribution in [0.25, 0.3) is 11.0 Å². The fraction of sp³-hybridized carbons (Fsp3) is 0.556. The first kappa shape index (κ1) is 16.1. The molecule has 1 N–H and O–H groups in total. The minimum Gasteiger partial charge on any atom is -0.367 e. The summed E-state index contributed by atoms with van der Waals surface area (Å²) < 4.78 is 0. The number of aromatic nitrogens is 2. The maximum atomic E-state index is 4.66. The van der Waals surface area contributed by atoms with Crippen LogP contribution in [0.15, 0.2) is 30.5 Å². The molecule has 0 unspecified atom stereocenters. The topological polar surface area (TPSA) is 44.3 Å². The molecule has 3 rings (SSSR count). The molecule has 0 radical (unpaired) electrons. The maximum absolute atomic E-state index is 4.66. The first-order valence-corrected chi connectivity index (χ1v) is 8.52. The normalized spacial score (nSPS) is 18.4. The van der Waals surface area contributed by atoms with Gasteiger partial charge < -0.3 is 10.2 Å². The van der Waals surface area contributed by atoms with Crippen LogP contribution in [-0.4, -0.2) is 65.6 Å². The highest BCUT2D eigenvalue weighted by atomic mass is 15.3. The van der Waals surface area contributed by atoms with Crippen molar-refractivity contribution in [3.63, 3.8) is 0 Å². The lowest BCUT2D eigenvalue weighted by atomic mass is 10.0. The van der Waals surface area contributed by atoms with Gasteiger partial charge in [0.25, 0.3) is 0 Å². The van der Waals surface area contributed by atoms with Gasteiger partial charge in [0, 0.05) is 38.8 Å². The van der Waals surface area contributed by atoms with Crippen molar-refractivity contribution in [3.05, 3.63) is 30.5 Å². The van der Waals surface area contributed by atoms with Crippen molar-refractivity contribution in [1.29, 1.82) is 0 Å². The van der Waals surface area contributed by atoms with E-state index in [4.69, 9.17) is 0 Å². The number of nitrogens with zero attached hydrogens (tertiary/aromatic N) is 4. The van der Waals surface area contributed by atoms with Gasteiger partial charge in [-0.05, 0) is 25.1 Å². The summed E-state index contributed by atoms with van der Waals surface area (Å²) in [4.78, 5) is 14.1. The van der Waals surface area contributed by atoms with E-state index in [2.05, 4.69) is 46.0 Å². The smallest absolute Gasteiger partial charge is 0.145 e. The SMILES string of the molecule is CC(C)[C@@H](CNc1cnc2ccccc2n1)N1CCN(C)CC1. The second-order valence-corrected chi connectivity index (χ2v) is 6.78. The Balaban J connectivity index is 1.65. The molecular formula is C18H27N5. The lowest BCUT2D eigenvalue weighted by Crippen LogP contribution is -2.52. The molecule has 1 saturated heterocycles. The fourth-order valence-corrected chi connectivity index (χ4v) is 3.19. The summed E-state index contributed by atoms with van der Waals surface area (Å²) >= 11 is 0. The number of hydrogen-bond donors (Lipinski definition) is 1. The molecular weight excluding hydrogens is 286 g/mol. The minimum absolute atomic E-state index is 0.525. The molecule has 0 saturated carbocycles. The Hall–Kier alpha value is -1.72. The molecule has 0 bridgehead atoms. The van der Waals surface area contributed by atoms with E-state index in [1.54, 1.807) is 0 Å². The summed E-state index contributed by atoms with van der Waals surface area (Å²) in [5.41, 5.74) is 1.88. The summed E-state index contributed by atoms with van der Waals surface area (Å²) in [5.74, 6) is 1.47. The zero-order valence-electron chi connectivity index (χ0n) is 14.4. The van der Waals surface area contributed by atoms with Crippen molar-refractivity contribution in [2.24, 2.45) is 5.92 Å². The average Bonchev–Trinajstić information content (AvgIpc) is 2.56. The van der Waals surface area contributed by atoms with Gasteiger partial charge in [-0.3, -0.25) is 9.88 Å². The Labute approximate surface area is 138 Å². The van der Waals surface area contributed by atoms with Crippen LogP contribution in [-0.2, 0) is 0 Å². The number of piperazine rings is 1. The molecule has 1 atom stereocenters. The molecule has 1 aromatic carbocycles. The lowest BCUT2D eigenvalue weighted by Gasteiger charge is -2.40. The summed E-state index contributed by atoms with van der Waals surface area (Å²) in [6, 6.07) is 8.52. The van der Waals surface area contributed by atoms with Crippen molar-refractivity contribution < 1.29 is 0 Å². The largest absolute Gasteiger partial charge is 0.367 e. The van der Waals surface area contributed by atoms with Crippen molar-refractivity contribution in [1.82, 2.24) is 19.8 Å². The van der Waals surface area contributed by atoms with Crippen molar-refractivity contribution in [2.75, 3.05) is 45.1 Å². The van der Waals surface area contributed by atoms with Gasteiger partial charge in [-0.15, -0.1) is 0 Å². The molecule has 1 aromatic heterocycles. The Morgan fingerprint density at radius 3 is 2.48 bits per heavy atom. The summed E-state index contributed by atoms with van der Waals surface area (Å²) in [5, 5.41) is 3.50. The zero-order chi connectivity index (χ0) is 16.2. The first-order chi connectivity index (χ1) is 11.1. The summed E-state index contributed by atoms with van der Waals surface area (Å²) in [7, 11) is 2.20. The minimum atomic E-state index is 0.525. The number of fused-ring (bicyclic) bond motifs is 1. The van der Waals surface area contributed by atoms with Crippen LogP contribution in [0.1, 0.15) is 13.8 Å². The quantitative estimate of drug-likeness (QED) is 0.918. The van der Waals surface area contributed by atoms with Gasteiger partial charge in [0.15, 0.2) is 0 Å². The van der Waals surface area contributed by atoms with E-state index in [0.29, 0.717) is 12.0 Å². The van der Waals surface area contributed by atoms with Crippen LogP contribution in [0.5, 0.6) is 0 Å². The third-order valence-corrected chi connectivity index (χ3v) is 4.72. The molecule has 124 valence electrons. The molecule has 1 aliphatic rings. The second-order valence-electron chi connectivity index (χ2n) is 6.78. The fourth-order valence-electron chi connectivity index (χ4n) is 3.19. The zero-order valence-corrected chi connectivity index (χ0v) is 14.4. The van der Waals surface area contributed by atoms with E-state index in [1.807, 2.05) is 30.5 Å². The average molecular weight is 313 g/mol. The summed E-state index contributed by atoms with van der Waals surface area (Å²) in [6.07, 6.45) is 1.84. The van der Waals surface area contributed by atoms with E-state index in [-0.39, 0.29) is 0 Å². The Bertz CT molecular complexity index is 634. The van der Waals surface area contributed by atoms with E-state index >= 15 is 0 Å². The Morgan fingerprint density at radius 2 is 1.78 bits per heavy atom. The lowest BCUT2D eigenvalue weighted by molar-refractivity contribution is 0.0944. The predicted molar refractivity (Wildman–Crippen MR) is 95.7 cm³/mol. The maximum Gasteiger partial charge on any atom is 0.145 e. The number of likely N-dealkylation sites (N-methyl/N-ethyl adjacent to an activating group) is 1. The number of hydrogen-bond acceptors (Lipinski definition) is 5. The van der Waals surface area contributed by atoms with Crippen molar-refractivity contribution in [3.8, 4) is 0 Å². The number of para-hydroxylation sites is 2. The number of nitrogens with one attached hydrogen (secondary N) is 1. The van der Waals surface area contributed by atoms with E-state index in [0.717, 1.165) is 49.6 Å². The van der Waals surface area contributed by atoms with E-state index < -0.39 is 0 Å². The Kier molecular flexibility index (Phi) is 5.08. The number of anilines is 1. The monoisotopic (exact) mass is 313 g/mol. The van der Waals surface area contributed by atoms with Gasteiger partial charge >= 0.3 is 0 Å². The van der Waals surface area contributed by atoms with Crippen molar-refractivity contribution >= 4 is 16.9 Å². The number of rotatable bonds is 5. The Morgan fingerprint density at radius 1 is 1.09 bits per heavy atom. The third-order valence-electron chi connectivity index (χ3n) is 4.72. The molecule has 1 aliphatic heterocycles. The highest BCUT2D eigenvalue weighted by molar-refractivity contribution is 5.75. The molecule has 5 nitrogen and oxygen atoms in total. The first-order valence-electron chi connectivity index (χ1n) is 8.52. The highest BCUT2D eigenvalue weighted by Crippen LogP contribution is 2.16. The van der Waals surface area contributed by atoms with Gasteiger partial charge in [-0.2, -0.15) is 0 Å². The molecule has 0 aliphatic carbocycles. The van der Waals surface area contributed by atoms with Gasteiger partial charge in [-0.1, -0.05) is 26.0 Å². The van der Waals surface area contributed by atoms with Gasteiger partial charge in [-0.25, -0.2) is 4.98 Å². The second kappa shape index (κ2) is 7.23. The van der Waals surface area contributed by atoms with Crippen LogP contribution in [0, 0.1) is 5.92 Å². The van der Waals surface area contributed by atoms with Gasteiger partial charge in [0.2, 0.25) is 0 Å². The predicted octanol–water partition coefficient (Wildman–Crippen LogP) is 2.31. The van der Waals surface area contributed by atoms with Gasteiger partial charge in [0.05, 0.1) is 17.2 Å².